The van der Waals surface area contributed by atoms with Crippen LogP contribution in [0.1, 0.15) is 45.6 Å². The summed E-state index contributed by atoms with van der Waals surface area (Å²) >= 11 is 0. The normalized spacial score (nSPS) is 24.3. The zero-order valence-corrected chi connectivity index (χ0v) is 17.2. The number of nitrogens with zero attached hydrogens (tertiary/aromatic N) is 1. The first-order valence-electron chi connectivity index (χ1n) is 10.0. The summed E-state index contributed by atoms with van der Waals surface area (Å²) in [7, 11) is 0. The third-order valence-electron chi connectivity index (χ3n) is 5.06. The van der Waals surface area contributed by atoms with Crippen molar-refractivity contribution in [2.24, 2.45) is 0 Å². The summed E-state index contributed by atoms with van der Waals surface area (Å²) in [6.07, 6.45) is 7.07. The fourth-order valence-electron chi connectivity index (χ4n) is 3.72. The molecule has 2 aliphatic rings. The van der Waals surface area contributed by atoms with Crippen molar-refractivity contribution in [2.75, 3.05) is 0 Å². The standard InChI is InChI=1S/C23H29NO5/c1-23(2,3)29-22(27)24-19(13-14-20(24)21(25)26)17-9-11-18(12-10-17)28-15-16-7-5-4-6-8-16/h4-11,18-20H,12-15H2,1-3H3,(H,25,26)/t18?,19-,20+/m1/s1. The number of amides is 1. The minimum Gasteiger partial charge on any atom is -0.480 e. The number of hydrogen-bond donors (Lipinski definition) is 1. The summed E-state index contributed by atoms with van der Waals surface area (Å²) in [6, 6.07) is 8.83. The first kappa shape index (κ1) is 21.1. The summed E-state index contributed by atoms with van der Waals surface area (Å²) in [4.78, 5) is 25.8. The van der Waals surface area contributed by atoms with Crippen molar-refractivity contribution in [1.82, 2.24) is 4.90 Å². The highest BCUT2D eigenvalue weighted by Gasteiger charge is 2.44. The lowest BCUT2D eigenvalue weighted by molar-refractivity contribution is -0.142. The molecule has 1 unspecified atom stereocenters. The summed E-state index contributed by atoms with van der Waals surface area (Å²) in [5.41, 5.74) is 1.38. The van der Waals surface area contributed by atoms with Crippen molar-refractivity contribution in [3.05, 3.63) is 59.7 Å². The van der Waals surface area contributed by atoms with Gasteiger partial charge in [0.1, 0.15) is 11.6 Å². The highest BCUT2D eigenvalue weighted by atomic mass is 16.6. The van der Waals surface area contributed by atoms with Crippen molar-refractivity contribution >= 4 is 12.1 Å². The van der Waals surface area contributed by atoms with Gasteiger partial charge in [0.25, 0.3) is 0 Å². The van der Waals surface area contributed by atoms with Gasteiger partial charge >= 0.3 is 12.1 Å². The van der Waals surface area contributed by atoms with Crippen LogP contribution in [-0.2, 0) is 20.9 Å². The van der Waals surface area contributed by atoms with Crippen LogP contribution in [0.15, 0.2) is 54.1 Å². The third kappa shape index (κ3) is 5.48. The van der Waals surface area contributed by atoms with Gasteiger partial charge in [0.05, 0.1) is 18.8 Å². The monoisotopic (exact) mass is 399 g/mol. The van der Waals surface area contributed by atoms with Gasteiger partial charge in [-0.15, -0.1) is 0 Å². The van der Waals surface area contributed by atoms with Gasteiger partial charge in [-0.05, 0) is 51.2 Å². The van der Waals surface area contributed by atoms with E-state index in [-0.39, 0.29) is 12.1 Å². The van der Waals surface area contributed by atoms with Crippen molar-refractivity contribution in [2.45, 2.75) is 70.4 Å². The molecule has 0 saturated carbocycles. The summed E-state index contributed by atoms with van der Waals surface area (Å²) in [5, 5.41) is 9.56. The van der Waals surface area contributed by atoms with Crippen LogP contribution in [0, 0.1) is 0 Å². The molecule has 3 atom stereocenters. The van der Waals surface area contributed by atoms with Crippen LogP contribution in [0.3, 0.4) is 0 Å². The van der Waals surface area contributed by atoms with Crippen molar-refractivity contribution in [3.8, 4) is 0 Å². The molecule has 6 heteroatoms. The summed E-state index contributed by atoms with van der Waals surface area (Å²) in [5.74, 6) is -0.997. The molecule has 1 aliphatic heterocycles. The van der Waals surface area contributed by atoms with Gasteiger partial charge in [0, 0.05) is 0 Å². The van der Waals surface area contributed by atoms with E-state index in [4.69, 9.17) is 9.47 Å². The van der Waals surface area contributed by atoms with Crippen molar-refractivity contribution < 1.29 is 24.2 Å². The highest BCUT2D eigenvalue weighted by Crippen LogP contribution is 2.33. The third-order valence-corrected chi connectivity index (χ3v) is 5.06. The smallest absolute Gasteiger partial charge is 0.411 e. The van der Waals surface area contributed by atoms with Crippen LogP contribution >= 0.6 is 0 Å². The molecule has 6 nitrogen and oxygen atoms in total. The van der Waals surface area contributed by atoms with E-state index in [0.29, 0.717) is 25.9 Å². The molecule has 1 aromatic rings. The van der Waals surface area contributed by atoms with Crippen LogP contribution in [0.25, 0.3) is 0 Å². The van der Waals surface area contributed by atoms with Gasteiger partial charge in [-0.25, -0.2) is 9.59 Å². The fourth-order valence-corrected chi connectivity index (χ4v) is 3.72. The van der Waals surface area contributed by atoms with Gasteiger partial charge in [-0.1, -0.05) is 48.6 Å². The van der Waals surface area contributed by atoms with Crippen LogP contribution in [0.2, 0.25) is 0 Å². The van der Waals surface area contributed by atoms with Gasteiger partial charge in [-0.2, -0.15) is 0 Å². The Morgan fingerprint density at radius 1 is 1.17 bits per heavy atom. The highest BCUT2D eigenvalue weighted by molar-refractivity contribution is 5.81. The molecule has 1 aromatic carbocycles. The van der Waals surface area contributed by atoms with E-state index in [0.717, 1.165) is 11.1 Å². The molecule has 29 heavy (non-hydrogen) atoms. The predicted molar refractivity (Wildman–Crippen MR) is 109 cm³/mol. The predicted octanol–water partition coefficient (Wildman–Crippen LogP) is 4.31. The molecule has 1 saturated heterocycles. The number of carbonyl (C=O) groups excluding carboxylic acids is 1. The van der Waals surface area contributed by atoms with Crippen LogP contribution in [0.5, 0.6) is 0 Å². The Morgan fingerprint density at radius 3 is 2.48 bits per heavy atom. The molecule has 0 aromatic heterocycles. The number of benzene rings is 1. The van der Waals surface area contributed by atoms with Crippen molar-refractivity contribution in [3.63, 3.8) is 0 Å². The average Bonchev–Trinajstić information content (AvgIpc) is 3.12. The van der Waals surface area contributed by atoms with E-state index in [2.05, 4.69) is 0 Å². The van der Waals surface area contributed by atoms with Crippen LogP contribution in [0.4, 0.5) is 4.79 Å². The molecular weight excluding hydrogens is 370 g/mol. The van der Waals surface area contributed by atoms with E-state index >= 15 is 0 Å². The maximum Gasteiger partial charge on any atom is 0.411 e. The number of aliphatic carboxylic acids is 1. The molecule has 3 rings (SSSR count). The van der Waals surface area contributed by atoms with E-state index in [1.807, 2.05) is 48.6 Å². The second kappa shape index (κ2) is 8.82. The number of likely N-dealkylation sites (tertiary alicyclic amines) is 1. The van der Waals surface area contributed by atoms with Crippen LogP contribution in [-0.4, -0.2) is 45.9 Å². The van der Waals surface area contributed by atoms with E-state index in [9.17, 15) is 14.7 Å². The molecule has 0 spiro atoms. The Morgan fingerprint density at radius 2 is 1.90 bits per heavy atom. The van der Waals surface area contributed by atoms with Gasteiger partial charge in [0.15, 0.2) is 0 Å². The van der Waals surface area contributed by atoms with E-state index in [1.165, 1.54) is 4.90 Å². The molecule has 1 amide bonds. The maximum atomic E-state index is 12.7. The minimum absolute atomic E-state index is 0.0365. The Balaban J connectivity index is 1.65. The average molecular weight is 399 g/mol. The molecule has 0 bridgehead atoms. The van der Waals surface area contributed by atoms with Gasteiger partial charge in [-0.3, -0.25) is 4.90 Å². The van der Waals surface area contributed by atoms with E-state index in [1.54, 1.807) is 20.8 Å². The lowest BCUT2D eigenvalue weighted by atomic mass is 9.97. The lowest BCUT2D eigenvalue weighted by Crippen LogP contribution is -2.47. The second-order valence-electron chi connectivity index (χ2n) is 8.47. The fraction of sp³-hybridized carbons (Fsp3) is 0.478. The Kier molecular flexibility index (Phi) is 6.42. The number of hydrogen-bond acceptors (Lipinski definition) is 4. The van der Waals surface area contributed by atoms with Crippen LogP contribution < -0.4 is 0 Å². The molecule has 1 aliphatic carbocycles. The summed E-state index contributed by atoms with van der Waals surface area (Å²) < 4.78 is 11.4. The van der Waals surface area contributed by atoms with E-state index < -0.39 is 23.7 Å². The zero-order valence-electron chi connectivity index (χ0n) is 17.2. The Hall–Kier alpha value is -2.60. The molecule has 1 fully saturated rings. The quantitative estimate of drug-likeness (QED) is 0.798. The Bertz CT molecular complexity index is 793. The summed E-state index contributed by atoms with van der Waals surface area (Å²) in [6.45, 7) is 5.87. The first-order valence-corrected chi connectivity index (χ1v) is 10.0. The molecule has 1 N–H and O–H groups in total. The minimum atomic E-state index is -0.997. The Labute approximate surface area is 171 Å². The molecule has 1 heterocycles. The maximum absolute atomic E-state index is 12.7. The largest absolute Gasteiger partial charge is 0.480 e. The number of rotatable bonds is 5. The zero-order chi connectivity index (χ0) is 21.0. The van der Waals surface area contributed by atoms with Gasteiger partial charge in [0.2, 0.25) is 0 Å². The first-order chi connectivity index (χ1) is 13.7. The number of carboxylic acids is 1. The number of ether oxygens (including phenoxy) is 2. The second-order valence-corrected chi connectivity index (χ2v) is 8.47. The number of carboxylic acid groups (broad SMARTS) is 1. The molecular formula is C23H29NO5. The van der Waals surface area contributed by atoms with Gasteiger partial charge < -0.3 is 14.6 Å². The SMILES string of the molecule is CC(C)(C)OC(=O)N1[C@@H](C2=CCC(OCc3ccccc3)C=C2)CC[C@H]1C(=O)O. The lowest BCUT2D eigenvalue weighted by Gasteiger charge is -2.32. The molecule has 156 valence electrons. The molecule has 0 radical (unpaired) electrons. The topological polar surface area (TPSA) is 76.1 Å². The van der Waals surface area contributed by atoms with Crippen molar-refractivity contribution in [1.29, 1.82) is 0 Å². The number of carbonyl (C=O) groups is 2.